The van der Waals surface area contributed by atoms with Crippen molar-refractivity contribution in [1.29, 1.82) is 5.26 Å². The first kappa shape index (κ1) is 11.7. The molecule has 1 aliphatic heterocycles. The zero-order chi connectivity index (χ0) is 12.7. The van der Waals surface area contributed by atoms with Gasteiger partial charge in [-0.25, -0.2) is 0 Å². The lowest BCUT2D eigenvalue weighted by atomic mass is 10.1. The van der Waals surface area contributed by atoms with Crippen LogP contribution >= 0.6 is 11.3 Å². The third-order valence-corrected chi connectivity index (χ3v) is 5.11. The molecule has 18 heavy (non-hydrogen) atoms. The molecule has 1 unspecified atom stereocenters. The van der Waals surface area contributed by atoms with Gasteiger partial charge in [0.05, 0.1) is 5.56 Å². The molecule has 0 aromatic carbocycles. The van der Waals surface area contributed by atoms with E-state index in [9.17, 15) is 10.1 Å². The Bertz CT molecular complexity index is 543. The molecule has 1 saturated heterocycles. The lowest BCUT2D eigenvalue weighted by molar-refractivity contribution is -0.117. The van der Waals surface area contributed by atoms with E-state index >= 15 is 0 Å². The minimum absolute atomic E-state index is 0.113. The Kier molecular flexibility index (Phi) is 2.84. The van der Waals surface area contributed by atoms with Gasteiger partial charge in [-0.2, -0.15) is 5.26 Å². The number of nitriles is 1. The summed E-state index contributed by atoms with van der Waals surface area (Å²) >= 11 is 1.63. The molecule has 1 aliphatic carbocycles. The van der Waals surface area contributed by atoms with Gasteiger partial charge in [-0.05, 0) is 37.3 Å². The Labute approximate surface area is 110 Å². The minimum Gasteiger partial charge on any atom is -0.330 e. The van der Waals surface area contributed by atoms with Gasteiger partial charge in [0.2, 0.25) is 5.91 Å². The molecule has 1 fully saturated rings. The van der Waals surface area contributed by atoms with Gasteiger partial charge in [0.15, 0.2) is 0 Å². The van der Waals surface area contributed by atoms with Crippen molar-refractivity contribution in [2.45, 2.75) is 25.7 Å². The number of carbonyl (C=O) groups excluding carboxylic acids is 1. The van der Waals surface area contributed by atoms with E-state index in [0.29, 0.717) is 19.5 Å². The highest BCUT2D eigenvalue weighted by Crippen LogP contribution is 2.42. The fourth-order valence-corrected chi connectivity index (χ4v) is 4.20. The summed E-state index contributed by atoms with van der Waals surface area (Å²) in [6.07, 6.45) is 3.69. The molecule has 0 saturated carbocycles. The lowest BCUT2D eigenvalue weighted by Gasteiger charge is -2.15. The third-order valence-electron chi connectivity index (χ3n) is 3.80. The SMILES string of the molecule is N#Cc1c(N2CC(CN)CC2=O)sc2c1CCC2. The molecule has 3 rings (SSSR count). The smallest absolute Gasteiger partial charge is 0.228 e. The second-order valence-electron chi connectivity index (χ2n) is 4.96. The van der Waals surface area contributed by atoms with Gasteiger partial charge in [0.1, 0.15) is 11.1 Å². The summed E-state index contributed by atoms with van der Waals surface area (Å²) in [5, 5.41) is 10.2. The van der Waals surface area contributed by atoms with Crippen molar-refractivity contribution in [3.8, 4) is 6.07 Å². The van der Waals surface area contributed by atoms with E-state index in [1.807, 2.05) is 0 Å². The van der Waals surface area contributed by atoms with Gasteiger partial charge >= 0.3 is 0 Å². The van der Waals surface area contributed by atoms with Crippen molar-refractivity contribution in [3.63, 3.8) is 0 Å². The van der Waals surface area contributed by atoms with Crippen LogP contribution < -0.4 is 10.6 Å². The Morgan fingerprint density at radius 3 is 3.00 bits per heavy atom. The Morgan fingerprint density at radius 2 is 2.33 bits per heavy atom. The fourth-order valence-electron chi connectivity index (χ4n) is 2.83. The summed E-state index contributed by atoms with van der Waals surface area (Å²) < 4.78 is 0. The molecule has 2 heterocycles. The number of nitrogens with zero attached hydrogens (tertiary/aromatic N) is 2. The molecule has 0 radical (unpaired) electrons. The molecule has 2 aliphatic rings. The quantitative estimate of drug-likeness (QED) is 0.875. The van der Waals surface area contributed by atoms with Crippen LogP contribution in [0.2, 0.25) is 0 Å². The minimum atomic E-state index is 0.113. The number of hydrogen-bond acceptors (Lipinski definition) is 4. The summed E-state index contributed by atoms with van der Waals surface area (Å²) in [6, 6.07) is 2.29. The van der Waals surface area contributed by atoms with Gasteiger partial charge < -0.3 is 10.6 Å². The highest BCUT2D eigenvalue weighted by Gasteiger charge is 2.34. The van der Waals surface area contributed by atoms with Crippen LogP contribution in [0.3, 0.4) is 0 Å². The largest absolute Gasteiger partial charge is 0.330 e. The summed E-state index contributed by atoms with van der Waals surface area (Å²) in [6.45, 7) is 1.21. The molecule has 4 nitrogen and oxygen atoms in total. The van der Waals surface area contributed by atoms with Crippen molar-refractivity contribution < 1.29 is 4.79 Å². The van der Waals surface area contributed by atoms with E-state index in [2.05, 4.69) is 6.07 Å². The van der Waals surface area contributed by atoms with Crippen molar-refractivity contribution in [1.82, 2.24) is 0 Å². The summed E-state index contributed by atoms with van der Waals surface area (Å²) in [7, 11) is 0. The summed E-state index contributed by atoms with van der Waals surface area (Å²) in [5.41, 5.74) is 7.56. The predicted octanol–water partition coefficient (Wildman–Crippen LogP) is 1.42. The number of aryl methyl sites for hydroxylation is 1. The second-order valence-corrected chi connectivity index (χ2v) is 6.04. The molecule has 94 valence electrons. The summed E-state index contributed by atoms with van der Waals surface area (Å²) in [4.78, 5) is 15.1. The normalized spacial score (nSPS) is 22.3. The van der Waals surface area contributed by atoms with E-state index in [-0.39, 0.29) is 11.8 Å². The highest BCUT2D eigenvalue weighted by molar-refractivity contribution is 7.16. The van der Waals surface area contributed by atoms with E-state index in [1.54, 1.807) is 16.2 Å². The fraction of sp³-hybridized carbons (Fsp3) is 0.538. The predicted molar refractivity (Wildman–Crippen MR) is 70.6 cm³/mol. The van der Waals surface area contributed by atoms with Gasteiger partial charge in [-0.15, -0.1) is 11.3 Å². The van der Waals surface area contributed by atoms with Crippen LogP contribution in [0.15, 0.2) is 0 Å². The maximum absolute atomic E-state index is 12.0. The molecule has 1 aromatic heterocycles. The van der Waals surface area contributed by atoms with Crippen molar-refractivity contribution in [2.24, 2.45) is 11.7 Å². The highest BCUT2D eigenvalue weighted by atomic mass is 32.1. The molecular formula is C13H15N3OS. The van der Waals surface area contributed by atoms with Gasteiger partial charge in [-0.1, -0.05) is 0 Å². The van der Waals surface area contributed by atoms with Crippen LogP contribution in [0.1, 0.15) is 28.8 Å². The average Bonchev–Trinajstić information content (AvgIpc) is 3.01. The average molecular weight is 261 g/mol. The first-order valence-corrected chi connectivity index (χ1v) is 7.11. The molecule has 1 atom stereocenters. The zero-order valence-electron chi connectivity index (χ0n) is 10.1. The van der Waals surface area contributed by atoms with E-state index in [4.69, 9.17) is 5.73 Å². The van der Waals surface area contributed by atoms with Crippen molar-refractivity contribution >= 4 is 22.2 Å². The van der Waals surface area contributed by atoms with Crippen LogP contribution in [0.25, 0.3) is 0 Å². The number of amides is 1. The van der Waals surface area contributed by atoms with Crippen LogP contribution in [0.5, 0.6) is 0 Å². The lowest BCUT2D eigenvalue weighted by Crippen LogP contribution is -2.25. The van der Waals surface area contributed by atoms with Crippen molar-refractivity contribution in [2.75, 3.05) is 18.0 Å². The van der Waals surface area contributed by atoms with Gasteiger partial charge in [0, 0.05) is 17.8 Å². The Hall–Kier alpha value is -1.38. The molecule has 0 bridgehead atoms. The molecule has 1 amide bonds. The molecule has 2 N–H and O–H groups in total. The van der Waals surface area contributed by atoms with Gasteiger partial charge in [-0.3, -0.25) is 4.79 Å². The standard InChI is InChI=1S/C13H15N3OS/c14-5-8-4-12(17)16(7-8)13-10(6-15)9-2-1-3-11(9)18-13/h8H,1-5,7,14H2. The van der Waals surface area contributed by atoms with E-state index in [0.717, 1.165) is 29.8 Å². The maximum Gasteiger partial charge on any atom is 0.228 e. The number of fused-ring (bicyclic) bond motifs is 1. The van der Waals surface area contributed by atoms with Crippen LogP contribution in [-0.2, 0) is 17.6 Å². The maximum atomic E-state index is 12.0. The Balaban J connectivity index is 1.98. The van der Waals surface area contributed by atoms with Crippen LogP contribution in [-0.4, -0.2) is 19.0 Å². The first-order chi connectivity index (χ1) is 8.74. The Morgan fingerprint density at radius 1 is 1.50 bits per heavy atom. The third kappa shape index (κ3) is 1.64. The van der Waals surface area contributed by atoms with Crippen molar-refractivity contribution in [3.05, 3.63) is 16.0 Å². The van der Waals surface area contributed by atoms with Crippen LogP contribution in [0.4, 0.5) is 5.00 Å². The first-order valence-electron chi connectivity index (χ1n) is 6.29. The second kappa shape index (κ2) is 4.38. The number of anilines is 1. The van der Waals surface area contributed by atoms with E-state index in [1.165, 1.54) is 10.4 Å². The summed E-state index contributed by atoms with van der Waals surface area (Å²) in [5.74, 6) is 0.350. The number of rotatable bonds is 2. The van der Waals surface area contributed by atoms with E-state index < -0.39 is 0 Å². The molecule has 5 heteroatoms. The number of nitrogens with two attached hydrogens (primary N) is 1. The number of carbonyl (C=O) groups is 1. The number of hydrogen-bond donors (Lipinski definition) is 1. The topological polar surface area (TPSA) is 70.1 Å². The molecular weight excluding hydrogens is 246 g/mol. The van der Waals surface area contributed by atoms with Crippen LogP contribution in [0, 0.1) is 17.2 Å². The molecule has 0 spiro atoms. The zero-order valence-corrected chi connectivity index (χ0v) is 10.9. The monoisotopic (exact) mass is 261 g/mol. The molecule has 1 aromatic rings. The van der Waals surface area contributed by atoms with Gasteiger partial charge in [0.25, 0.3) is 0 Å². The number of thiophene rings is 1.